The maximum atomic E-state index is 9.41. The third-order valence-electron chi connectivity index (χ3n) is 3.35. The number of hydrogen-bond donors (Lipinski definition) is 2. The molecule has 2 aromatic rings. The first-order chi connectivity index (χ1) is 10.2. The van der Waals surface area contributed by atoms with E-state index in [9.17, 15) is 5.26 Å². The molecule has 108 valence electrons. The lowest BCUT2D eigenvalue weighted by Crippen LogP contribution is -2.21. The molecule has 1 aliphatic heterocycles. The fourth-order valence-corrected chi connectivity index (χ4v) is 2.46. The number of fused-ring (bicyclic) bond motifs is 1. The summed E-state index contributed by atoms with van der Waals surface area (Å²) >= 11 is 0. The molecule has 7 heteroatoms. The highest BCUT2D eigenvalue weighted by Crippen LogP contribution is 2.43. The third kappa shape index (κ3) is 2.06. The van der Waals surface area contributed by atoms with E-state index in [2.05, 4.69) is 16.3 Å². The van der Waals surface area contributed by atoms with Crippen LogP contribution >= 0.6 is 0 Å². The molecule has 0 spiro atoms. The van der Waals surface area contributed by atoms with Crippen molar-refractivity contribution in [2.24, 2.45) is 5.73 Å². The Bertz CT molecular complexity index is 751. The number of H-pyrrole nitrogens is 1. The molecule has 3 rings (SSSR count). The Kier molecular flexibility index (Phi) is 3.16. The minimum Gasteiger partial charge on any atom is -0.465 e. The van der Waals surface area contributed by atoms with Gasteiger partial charge >= 0.3 is 0 Å². The van der Waals surface area contributed by atoms with E-state index < -0.39 is 5.92 Å². The summed E-state index contributed by atoms with van der Waals surface area (Å²) in [5.74, 6) is 1.31. The zero-order chi connectivity index (χ0) is 15.0. The molecular formula is C14H14N4O3. The van der Waals surface area contributed by atoms with Gasteiger partial charge in [-0.05, 0) is 19.1 Å². The Morgan fingerprint density at radius 3 is 2.95 bits per heavy atom. The second-order valence-electron chi connectivity index (χ2n) is 4.73. The normalized spacial score (nSPS) is 17.3. The topological polar surface area (TPSA) is 110 Å². The van der Waals surface area contributed by atoms with Crippen LogP contribution < -0.4 is 10.5 Å². The van der Waals surface area contributed by atoms with Gasteiger partial charge in [-0.1, -0.05) is 0 Å². The zero-order valence-electron chi connectivity index (χ0n) is 11.6. The molecule has 1 aliphatic rings. The molecule has 2 aromatic heterocycles. The van der Waals surface area contributed by atoms with Gasteiger partial charge in [-0.25, -0.2) is 0 Å². The second kappa shape index (κ2) is 5.00. The highest BCUT2D eigenvalue weighted by atomic mass is 16.5. The maximum absolute atomic E-state index is 9.41. The molecule has 0 fully saturated rings. The van der Waals surface area contributed by atoms with Crippen molar-refractivity contribution >= 4 is 0 Å². The van der Waals surface area contributed by atoms with Crippen LogP contribution in [0.3, 0.4) is 0 Å². The van der Waals surface area contributed by atoms with Crippen molar-refractivity contribution in [2.75, 3.05) is 7.11 Å². The van der Waals surface area contributed by atoms with E-state index in [0.717, 1.165) is 17.0 Å². The highest BCUT2D eigenvalue weighted by molar-refractivity contribution is 5.53. The summed E-state index contributed by atoms with van der Waals surface area (Å²) in [7, 11) is 1.58. The van der Waals surface area contributed by atoms with Gasteiger partial charge in [-0.2, -0.15) is 5.26 Å². The van der Waals surface area contributed by atoms with Crippen molar-refractivity contribution in [1.29, 1.82) is 5.26 Å². The number of aromatic nitrogens is 2. The molecule has 3 heterocycles. The van der Waals surface area contributed by atoms with Gasteiger partial charge in [0, 0.05) is 7.11 Å². The van der Waals surface area contributed by atoms with Crippen LogP contribution in [0.25, 0.3) is 0 Å². The Morgan fingerprint density at radius 2 is 2.33 bits per heavy atom. The number of aryl methyl sites for hydroxylation is 1. The predicted molar refractivity (Wildman–Crippen MR) is 72.0 cm³/mol. The molecule has 21 heavy (non-hydrogen) atoms. The van der Waals surface area contributed by atoms with Crippen LogP contribution in [0.2, 0.25) is 0 Å². The summed E-state index contributed by atoms with van der Waals surface area (Å²) in [5.41, 5.74) is 7.58. The molecule has 1 atom stereocenters. The third-order valence-corrected chi connectivity index (χ3v) is 3.35. The molecule has 0 saturated carbocycles. The Hall–Kier alpha value is -2.72. The number of aromatic amines is 1. The van der Waals surface area contributed by atoms with E-state index in [1.54, 1.807) is 7.11 Å². The summed E-state index contributed by atoms with van der Waals surface area (Å²) in [5, 5.41) is 16.4. The Labute approximate surface area is 120 Å². The van der Waals surface area contributed by atoms with Crippen LogP contribution in [0.5, 0.6) is 5.88 Å². The van der Waals surface area contributed by atoms with Gasteiger partial charge in [-0.3, -0.25) is 5.10 Å². The first kappa shape index (κ1) is 13.3. The number of methoxy groups -OCH3 is 1. The monoisotopic (exact) mass is 286 g/mol. The predicted octanol–water partition coefficient (Wildman–Crippen LogP) is 1.68. The van der Waals surface area contributed by atoms with Crippen LogP contribution in [0.4, 0.5) is 0 Å². The van der Waals surface area contributed by atoms with E-state index in [1.165, 1.54) is 0 Å². The largest absolute Gasteiger partial charge is 0.465 e. The second-order valence-corrected chi connectivity index (χ2v) is 4.73. The summed E-state index contributed by atoms with van der Waals surface area (Å²) in [6, 6.07) is 5.76. The molecule has 0 radical (unpaired) electrons. The van der Waals surface area contributed by atoms with Crippen molar-refractivity contribution in [2.45, 2.75) is 19.4 Å². The van der Waals surface area contributed by atoms with Crippen LogP contribution in [-0.2, 0) is 11.3 Å². The number of allylic oxidation sites excluding steroid dienone is 1. The summed E-state index contributed by atoms with van der Waals surface area (Å²) in [4.78, 5) is 0. The lowest BCUT2D eigenvalue weighted by Gasteiger charge is -2.21. The Balaban J connectivity index is 2.19. The van der Waals surface area contributed by atoms with Gasteiger partial charge in [0.1, 0.15) is 23.2 Å². The van der Waals surface area contributed by atoms with E-state index in [1.807, 2.05) is 19.1 Å². The van der Waals surface area contributed by atoms with E-state index in [4.69, 9.17) is 19.6 Å². The number of nitriles is 1. The van der Waals surface area contributed by atoms with Gasteiger partial charge in [0.15, 0.2) is 0 Å². The van der Waals surface area contributed by atoms with E-state index in [0.29, 0.717) is 23.8 Å². The van der Waals surface area contributed by atoms with Gasteiger partial charge < -0.3 is 19.6 Å². The number of ether oxygens (including phenoxy) is 2. The van der Waals surface area contributed by atoms with Crippen molar-refractivity contribution in [1.82, 2.24) is 10.2 Å². The summed E-state index contributed by atoms with van der Waals surface area (Å²) < 4.78 is 16.2. The molecule has 0 bridgehead atoms. The SMILES string of the molecule is COCc1[nH]nc2c1C(c1ccc(C)o1)C(C#N)=C(N)O2. The van der Waals surface area contributed by atoms with Gasteiger partial charge in [0.2, 0.25) is 11.8 Å². The highest BCUT2D eigenvalue weighted by Gasteiger charge is 2.36. The summed E-state index contributed by atoms with van der Waals surface area (Å²) in [6.07, 6.45) is 0. The smallest absolute Gasteiger partial charge is 0.244 e. The zero-order valence-corrected chi connectivity index (χ0v) is 11.6. The quantitative estimate of drug-likeness (QED) is 0.888. The fourth-order valence-electron chi connectivity index (χ4n) is 2.46. The number of nitrogens with zero attached hydrogens (tertiary/aromatic N) is 2. The number of nitrogens with one attached hydrogen (secondary N) is 1. The van der Waals surface area contributed by atoms with Crippen molar-refractivity contribution < 1.29 is 13.9 Å². The number of hydrogen-bond acceptors (Lipinski definition) is 6. The lowest BCUT2D eigenvalue weighted by molar-refractivity contribution is 0.180. The number of furan rings is 1. The minimum absolute atomic E-state index is 0.0412. The van der Waals surface area contributed by atoms with Crippen molar-refractivity contribution in [3.63, 3.8) is 0 Å². The van der Waals surface area contributed by atoms with Crippen LogP contribution in [0.1, 0.15) is 28.7 Å². The average Bonchev–Trinajstić information content (AvgIpc) is 3.05. The number of rotatable bonds is 3. The first-order valence-corrected chi connectivity index (χ1v) is 6.35. The average molecular weight is 286 g/mol. The maximum Gasteiger partial charge on any atom is 0.244 e. The molecule has 7 nitrogen and oxygen atoms in total. The van der Waals surface area contributed by atoms with Crippen molar-refractivity contribution in [3.05, 3.63) is 46.4 Å². The minimum atomic E-state index is -0.448. The van der Waals surface area contributed by atoms with Crippen molar-refractivity contribution in [3.8, 4) is 11.9 Å². The standard InChI is InChI=1S/C14H14N4O3/c1-7-3-4-10(20-7)11-8(5-15)13(16)21-14-12(11)9(6-19-2)17-18-14/h3-4,11H,6,16H2,1-2H3,(H,17,18). The lowest BCUT2D eigenvalue weighted by atomic mass is 9.88. The van der Waals surface area contributed by atoms with Gasteiger partial charge in [0.25, 0.3) is 0 Å². The molecule has 3 N–H and O–H groups in total. The fraction of sp³-hybridized carbons (Fsp3) is 0.286. The van der Waals surface area contributed by atoms with E-state index in [-0.39, 0.29) is 5.88 Å². The first-order valence-electron chi connectivity index (χ1n) is 6.35. The molecular weight excluding hydrogens is 272 g/mol. The molecule has 0 saturated heterocycles. The summed E-state index contributed by atoms with van der Waals surface area (Å²) in [6.45, 7) is 2.16. The van der Waals surface area contributed by atoms with E-state index >= 15 is 0 Å². The van der Waals surface area contributed by atoms with Gasteiger partial charge in [-0.15, -0.1) is 5.10 Å². The molecule has 0 aliphatic carbocycles. The van der Waals surface area contributed by atoms with Crippen LogP contribution in [-0.4, -0.2) is 17.3 Å². The molecule has 0 amide bonds. The Morgan fingerprint density at radius 1 is 1.52 bits per heavy atom. The number of nitrogens with two attached hydrogens (primary N) is 1. The molecule has 1 unspecified atom stereocenters. The van der Waals surface area contributed by atoms with Crippen LogP contribution in [0.15, 0.2) is 28.0 Å². The van der Waals surface area contributed by atoms with Crippen LogP contribution in [0, 0.1) is 18.3 Å². The molecule has 0 aromatic carbocycles. The van der Waals surface area contributed by atoms with Gasteiger partial charge in [0.05, 0.1) is 23.8 Å².